The molecule has 17 heavy (non-hydrogen) atoms. The molecule has 0 aromatic heterocycles. The predicted molar refractivity (Wildman–Crippen MR) is 69.6 cm³/mol. The van der Waals surface area contributed by atoms with E-state index in [0.717, 1.165) is 0 Å². The van der Waals surface area contributed by atoms with Crippen molar-refractivity contribution in [3.63, 3.8) is 0 Å². The molecule has 104 valence electrons. The average Bonchev–Trinajstić information content (AvgIpc) is 2.08. The molecule has 0 aliphatic carbocycles. The molecule has 1 unspecified atom stereocenters. The molecule has 9 heteroatoms. The van der Waals surface area contributed by atoms with Crippen molar-refractivity contribution in [2.24, 2.45) is 0 Å². The summed E-state index contributed by atoms with van der Waals surface area (Å²) in [6.07, 6.45) is 0.430. The molecule has 0 spiro atoms. The Morgan fingerprint density at radius 2 is 1.41 bits per heavy atom. The lowest BCUT2D eigenvalue weighted by molar-refractivity contribution is -0.0888. The van der Waals surface area contributed by atoms with Gasteiger partial charge in [0, 0.05) is 15.0 Å². The van der Waals surface area contributed by atoms with Gasteiger partial charge in [-0.3, -0.25) is 19.3 Å². The highest BCUT2D eigenvalue weighted by Gasteiger charge is 2.37. The summed E-state index contributed by atoms with van der Waals surface area (Å²) in [5.74, 6) is -0.469. The zero-order valence-corrected chi connectivity index (χ0v) is 12.9. The van der Waals surface area contributed by atoms with Gasteiger partial charge in [0.15, 0.2) is 0 Å². The maximum atomic E-state index is 10.5. The van der Waals surface area contributed by atoms with Crippen LogP contribution < -0.4 is 0 Å². The lowest BCUT2D eigenvalue weighted by atomic mass is 10.3. The molecule has 0 heterocycles. The van der Waals surface area contributed by atoms with Gasteiger partial charge in [-0.05, 0) is 42.3 Å². The minimum Gasteiger partial charge on any atom is -0.279 e. The normalized spacial score (nSPS) is 14.7. The molecule has 1 N–H and O–H groups in total. The SMILES string of the molecule is CN(C)C(CPOS(=O)(=O)O)(N(C)C)N(C)C. The van der Waals surface area contributed by atoms with Crippen LogP contribution in [0.5, 0.6) is 0 Å². The summed E-state index contributed by atoms with van der Waals surface area (Å²) in [6.45, 7) is 0. The zero-order chi connectivity index (χ0) is 13.9. The summed E-state index contributed by atoms with van der Waals surface area (Å²) < 4.78 is 34.0. The number of nitrogens with zero attached hydrogens (tertiary/aromatic N) is 3. The van der Waals surface area contributed by atoms with E-state index in [-0.39, 0.29) is 8.81 Å². The van der Waals surface area contributed by atoms with Crippen LogP contribution in [0.2, 0.25) is 0 Å². The first kappa shape index (κ1) is 17.2. The molecule has 0 saturated heterocycles. The van der Waals surface area contributed by atoms with Gasteiger partial charge in [-0.15, -0.1) is 0 Å². The summed E-state index contributed by atoms with van der Waals surface area (Å²) in [7, 11) is 6.69. The van der Waals surface area contributed by atoms with Crippen molar-refractivity contribution in [2.75, 3.05) is 48.4 Å². The van der Waals surface area contributed by atoms with Gasteiger partial charge in [-0.25, -0.2) is 3.97 Å². The largest absolute Gasteiger partial charge is 0.400 e. The molecule has 7 nitrogen and oxygen atoms in total. The highest BCUT2D eigenvalue weighted by Crippen LogP contribution is 2.28. The first-order valence-corrected chi connectivity index (χ1v) is 7.43. The fourth-order valence-electron chi connectivity index (χ4n) is 1.88. The third-order valence-electron chi connectivity index (χ3n) is 2.62. The van der Waals surface area contributed by atoms with Crippen molar-refractivity contribution in [3.05, 3.63) is 0 Å². The molecular formula is C8H22N3O4PS. The second-order valence-corrected chi connectivity index (χ2v) is 6.45. The lowest BCUT2D eigenvalue weighted by Gasteiger charge is -2.49. The molecule has 0 fully saturated rings. The minimum atomic E-state index is -4.37. The third kappa shape index (κ3) is 4.75. The Morgan fingerprint density at radius 3 is 1.65 bits per heavy atom. The van der Waals surface area contributed by atoms with E-state index in [1.807, 2.05) is 57.0 Å². The van der Waals surface area contributed by atoms with E-state index < -0.39 is 16.2 Å². The molecule has 0 aromatic rings. The van der Waals surface area contributed by atoms with Crippen LogP contribution in [-0.2, 0) is 14.4 Å². The fourth-order valence-corrected chi connectivity index (χ4v) is 3.85. The molecule has 0 aromatic carbocycles. The number of hydrogen-bond acceptors (Lipinski definition) is 6. The lowest BCUT2D eigenvalue weighted by Crippen LogP contribution is -2.65. The van der Waals surface area contributed by atoms with Crippen LogP contribution in [0.4, 0.5) is 0 Å². The van der Waals surface area contributed by atoms with E-state index in [2.05, 4.69) is 3.97 Å². The van der Waals surface area contributed by atoms with E-state index in [9.17, 15) is 8.42 Å². The third-order valence-corrected chi connectivity index (χ3v) is 4.55. The smallest absolute Gasteiger partial charge is 0.279 e. The predicted octanol–water partition coefficient (Wildman–Crippen LogP) is -0.262. The second-order valence-electron chi connectivity index (χ2n) is 4.29. The van der Waals surface area contributed by atoms with E-state index in [1.54, 1.807) is 0 Å². The van der Waals surface area contributed by atoms with Crippen molar-refractivity contribution in [3.8, 4) is 0 Å². The molecule has 0 aliphatic heterocycles. The van der Waals surface area contributed by atoms with Crippen molar-refractivity contribution in [1.29, 1.82) is 0 Å². The fraction of sp³-hybridized carbons (Fsp3) is 1.00. The van der Waals surface area contributed by atoms with Crippen molar-refractivity contribution < 1.29 is 16.9 Å². The average molecular weight is 287 g/mol. The standard InChI is InChI=1S/C8H22N3O4PS/c1-9(2)8(10(3)4,11(5)6)7-16-15-17(12,13)14/h16H,7H2,1-6H3,(H,12,13,14). The molecule has 0 bridgehead atoms. The first-order valence-electron chi connectivity index (χ1n) is 4.95. The number of hydrogen-bond donors (Lipinski definition) is 1. The van der Waals surface area contributed by atoms with Gasteiger partial charge in [0.05, 0.1) is 0 Å². The van der Waals surface area contributed by atoms with Gasteiger partial charge in [0.25, 0.3) is 0 Å². The summed E-state index contributed by atoms with van der Waals surface area (Å²) in [6, 6.07) is 0. The van der Waals surface area contributed by atoms with Crippen molar-refractivity contribution >= 4 is 19.2 Å². The van der Waals surface area contributed by atoms with Gasteiger partial charge in [0.2, 0.25) is 0 Å². The molecular weight excluding hydrogens is 265 g/mol. The van der Waals surface area contributed by atoms with Crippen LogP contribution in [-0.4, -0.2) is 81.9 Å². The van der Waals surface area contributed by atoms with Gasteiger partial charge in [-0.2, -0.15) is 8.42 Å². The molecule has 0 amide bonds. The summed E-state index contributed by atoms with van der Waals surface area (Å²) in [5.41, 5.74) is 0. The van der Waals surface area contributed by atoms with E-state index in [4.69, 9.17) is 4.55 Å². The highest BCUT2D eigenvalue weighted by atomic mass is 32.3. The summed E-state index contributed by atoms with van der Waals surface area (Å²) in [4.78, 5) is 5.90. The van der Waals surface area contributed by atoms with Crippen LogP contribution in [0.15, 0.2) is 0 Å². The van der Waals surface area contributed by atoms with Gasteiger partial charge < -0.3 is 0 Å². The van der Waals surface area contributed by atoms with Gasteiger partial charge in [-0.1, -0.05) is 0 Å². The molecule has 0 aliphatic rings. The Morgan fingerprint density at radius 1 is 1.06 bits per heavy atom. The zero-order valence-electron chi connectivity index (χ0n) is 11.1. The Bertz CT molecular complexity index is 310. The van der Waals surface area contributed by atoms with Crippen LogP contribution in [0.25, 0.3) is 0 Å². The molecule has 0 saturated carbocycles. The molecule has 1 atom stereocenters. The Labute approximate surface area is 106 Å². The van der Waals surface area contributed by atoms with E-state index >= 15 is 0 Å². The summed E-state index contributed by atoms with van der Waals surface area (Å²) in [5, 5.41) is 0. The van der Waals surface area contributed by atoms with Crippen LogP contribution in [0.3, 0.4) is 0 Å². The maximum Gasteiger partial charge on any atom is 0.400 e. The van der Waals surface area contributed by atoms with E-state index in [1.165, 1.54) is 0 Å². The topological polar surface area (TPSA) is 73.3 Å². The van der Waals surface area contributed by atoms with Crippen molar-refractivity contribution in [1.82, 2.24) is 14.7 Å². The Balaban J connectivity index is 4.83. The molecule has 0 rings (SSSR count). The quantitative estimate of drug-likeness (QED) is 0.393. The van der Waals surface area contributed by atoms with Crippen LogP contribution in [0, 0.1) is 0 Å². The minimum absolute atomic E-state index is 0.350. The van der Waals surface area contributed by atoms with Crippen LogP contribution in [0.1, 0.15) is 0 Å². The van der Waals surface area contributed by atoms with Crippen LogP contribution >= 0.6 is 8.81 Å². The van der Waals surface area contributed by atoms with Crippen molar-refractivity contribution in [2.45, 2.75) is 5.79 Å². The first-order chi connectivity index (χ1) is 7.54. The highest BCUT2D eigenvalue weighted by molar-refractivity contribution is 7.84. The monoisotopic (exact) mass is 287 g/mol. The summed E-state index contributed by atoms with van der Waals surface area (Å²) >= 11 is 0. The van der Waals surface area contributed by atoms with Gasteiger partial charge in [0.1, 0.15) is 5.79 Å². The van der Waals surface area contributed by atoms with Gasteiger partial charge >= 0.3 is 10.4 Å². The maximum absolute atomic E-state index is 10.5. The number of rotatable bonds is 7. The van der Waals surface area contributed by atoms with E-state index in [0.29, 0.717) is 6.16 Å². The Kier molecular flexibility index (Phi) is 6.44. The molecule has 0 radical (unpaired) electrons. The Hall–Kier alpha value is 0.180. The second kappa shape index (κ2) is 6.38.